The Balaban J connectivity index is 1.29. The minimum absolute atomic E-state index is 0.136. The lowest BCUT2D eigenvalue weighted by Crippen LogP contribution is -2.38. The predicted octanol–water partition coefficient (Wildman–Crippen LogP) is 4.30. The summed E-state index contributed by atoms with van der Waals surface area (Å²) in [6.45, 7) is 4.73. The molecular weight excluding hydrogens is 493 g/mol. The van der Waals surface area contributed by atoms with E-state index in [1.165, 1.54) is 10.6 Å². The van der Waals surface area contributed by atoms with E-state index in [-0.39, 0.29) is 16.9 Å². The Morgan fingerprint density at radius 3 is 2.58 bits per heavy atom. The second kappa shape index (κ2) is 10.4. The molecule has 0 unspecified atom stereocenters. The number of alkyl halides is 3. The standard InChI is InChI=1S/C25H23F3N4O3S/c26-25(27,28)19-4-5-22-21(13-19)32(24(33)36-22)16-17-2-1-3-18(12-17)23-29-14-20(15-30-23)35-11-8-31-6-9-34-10-7-31/h1-5,12-15H,6-11,16H2. The van der Waals surface area contributed by atoms with Gasteiger partial charge in [0.15, 0.2) is 11.6 Å². The van der Waals surface area contributed by atoms with Crippen LogP contribution in [0, 0.1) is 0 Å². The molecule has 7 nitrogen and oxygen atoms in total. The van der Waals surface area contributed by atoms with Gasteiger partial charge in [-0.05, 0) is 29.8 Å². The van der Waals surface area contributed by atoms with Crippen molar-refractivity contribution in [1.29, 1.82) is 0 Å². The Hall–Kier alpha value is -3.28. The van der Waals surface area contributed by atoms with Crippen molar-refractivity contribution in [2.24, 2.45) is 0 Å². The van der Waals surface area contributed by atoms with Crippen molar-refractivity contribution in [2.75, 3.05) is 39.5 Å². The van der Waals surface area contributed by atoms with Crippen LogP contribution in [0.15, 0.2) is 59.7 Å². The number of rotatable bonds is 7. The van der Waals surface area contributed by atoms with E-state index in [4.69, 9.17) is 9.47 Å². The van der Waals surface area contributed by atoms with Crippen molar-refractivity contribution in [3.63, 3.8) is 0 Å². The van der Waals surface area contributed by atoms with E-state index >= 15 is 0 Å². The van der Waals surface area contributed by atoms with Crippen LogP contribution < -0.4 is 9.61 Å². The second-order valence-electron chi connectivity index (χ2n) is 8.38. The first-order valence-electron chi connectivity index (χ1n) is 11.4. The summed E-state index contributed by atoms with van der Waals surface area (Å²) in [5.41, 5.74) is 0.966. The number of morpholine rings is 1. The summed E-state index contributed by atoms with van der Waals surface area (Å²) in [5, 5.41) is 0. The smallest absolute Gasteiger partial charge is 0.416 e. The van der Waals surface area contributed by atoms with Gasteiger partial charge in [0.1, 0.15) is 6.61 Å². The van der Waals surface area contributed by atoms with Gasteiger partial charge in [-0.25, -0.2) is 9.97 Å². The molecular formula is C25H23F3N4O3S. The molecule has 0 N–H and O–H groups in total. The van der Waals surface area contributed by atoms with Crippen molar-refractivity contribution in [3.05, 3.63) is 75.7 Å². The summed E-state index contributed by atoms with van der Waals surface area (Å²) in [5.74, 6) is 1.05. The molecule has 0 spiro atoms. The van der Waals surface area contributed by atoms with Gasteiger partial charge in [0.05, 0.1) is 47.9 Å². The largest absolute Gasteiger partial charge is 0.489 e. The monoisotopic (exact) mass is 516 g/mol. The topological polar surface area (TPSA) is 69.5 Å². The molecule has 0 radical (unpaired) electrons. The zero-order valence-electron chi connectivity index (χ0n) is 19.2. The lowest BCUT2D eigenvalue weighted by Gasteiger charge is -2.26. The molecule has 0 amide bonds. The summed E-state index contributed by atoms with van der Waals surface area (Å²) in [6, 6.07) is 10.7. The van der Waals surface area contributed by atoms with Gasteiger partial charge in [0, 0.05) is 25.2 Å². The summed E-state index contributed by atoms with van der Waals surface area (Å²) in [4.78, 5) is 23.3. The number of nitrogens with zero attached hydrogens (tertiary/aromatic N) is 4. The maximum Gasteiger partial charge on any atom is 0.416 e. The highest BCUT2D eigenvalue weighted by Crippen LogP contribution is 2.32. The Kier molecular flexibility index (Phi) is 7.04. The van der Waals surface area contributed by atoms with Gasteiger partial charge in [0.25, 0.3) is 0 Å². The van der Waals surface area contributed by atoms with Gasteiger partial charge in [-0.3, -0.25) is 14.3 Å². The van der Waals surface area contributed by atoms with Crippen LogP contribution >= 0.6 is 11.3 Å². The first-order valence-corrected chi connectivity index (χ1v) is 12.2. The molecule has 5 rings (SSSR count). The quantitative estimate of drug-likeness (QED) is 0.365. The first kappa shape index (κ1) is 24.4. The number of hydrogen-bond acceptors (Lipinski definition) is 7. The molecule has 2 aromatic heterocycles. The van der Waals surface area contributed by atoms with E-state index in [9.17, 15) is 18.0 Å². The average Bonchev–Trinajstić information content (AvgIpc) is 3.19. The minimum atomic E-state index is -4.48. The molecule has 0 aliphatic carbocycles. The van der Waals surface area contributed by atoms with Crippen LogP contribution in [0.4, 0.5) is 13.2 Å². The van der Waals surface area contributed by atoms with Crippen molar-refractivity contribution >= 4 is 21.6 Å². The average molecular weight is 517 g/mol. The fourth-order valence-electron chi connectivity index (χ4n) is 4.04. The van der Waals surface area contributed by atoms with Crippen molar-refractivity contribution in [1.82, 2.24) is 19.4 Å². The molecule has 1 saturated heterocycles. The molecule has 188 valence electrons. The predicted molar refractivity (Wildman–Crippen MR) is 130 cm³/mol. The Morgan fingerprint density at radius 1 is 1.06 bits per heavy atom. The number of aromatic nitrogens is 3. The molecule has 1 aliphatic heterocycles. The van der Waals surface area contributed by atoms with E-state index in [0.717, 1.165) is 67.4 Å². The van der Waals surface area contributed by atoms with E-state index in [2.05, 4.69) is 14.9 Å². The summed E-state index contributed by atoms with van der Waals surface area (Å²) in [6.07, 6.45) is -1.25. The van der Waals surface area contributed by atoms with Crippen LogP contribution in [0.1, 0.15) is 11.1 Å². The van der Waals surface area contributed by atoms with Crippen LogP contribution in [-0.4, -0.2) is 58.9 Å². The third kappa shape index (κ3) is 5.58. The van der Waals surface area contributed by atoms with Gasteiger partial charge in [-0.1, -0.05) is 29.5 Å². The lowest BCUT2D eigenvalue weighted by molar-refractivity contribution is -0.137. The molecule has 3 heterocycles. The van der Waals surface area contributed by atoms with Gasteiger partial charge in [-0.2, -0.15) is 13.2 Å². The number of thiazole rings is 1. The van der Waals surface area contributed by atoms with Crippen molar-refractivity contribution in [2.45, 2.75) is 12.7 Å². The molecule has 0 bridgehead atoms. The van der Waals surface area contributed by atoms with Crippen LogP contribution in [0.25, 0.3) is 21.6 Å². The fourth-order valence-corrected chi connectivity index (χ4v) is 4.91. The summed E-state index contributed by atoms with van der Waals surface area (Å²) < 4.78 is 52.5. The maximum absolute atomic E-state index is 13.2. The van der Waals surface area contributed by atoms with Crippen LogP contribution in [-0.2, 0) is 17.5 Å². The Labute approximate surface area is 208 Å². The SMILES string of the molecule is O=c1sc2ccc(C(F)(F)F)cc2n1Cc1cccc(-c2ncc(OCCN3CCOCC3)cn2)c1. The highest BCUT2D eigenvalue weighted by molar-refractivity contribution is 7.16. The third-order valence-electron chi connectivity index (χ3n) is 5.93. The Bertz CT molecular complexity index is 1400. The Morgan fingerprint density at radius 2 is 1.83 bits per heavy atom. The van der Waals surface area contributed by atoms with E-state index in [0.29, 0.717) is 22.9 Å². The molecule has 11 heteroatoms. The van der Waals surface area contributed by atoms with Crippen LogP contribution in [0.2, 0.25) is 0 Å². The number of halogens is 3. The molecule has 4 aromatic rings. The molecule has 1 fully saturated rings. The second-order valence-corrected chi connectivity index (χ2v) is 9.37. The zero-order valence-corrected chi connectivity index (χ0v) is 20.0. The van der Waals surface area contributed by atoms with E-state index in [1.54, 1.807) is 12.4 Å². The molecule has 1 aliphatic rings. The van der Waals surface area contributed by atoms with Crippen LogP contribution in [0.5, 0.6) is 5.75 Å². The fraction of sp³-hybridized carbons (Fsp3) is 0.320. The number of fused-ring (bicyclic) bond motifs is 1. The van der Waals surface area contributed by atoms with Crippen molar-refractivity contribution < 1.29 is 22.6 Å². The molecule has 0 atom stereocenters. The highest BCUT2D eigenvalue weighted by atomic mass is 32.1. The molecule has 2 aromatic carbocycles. The zero-order chi connectivity index (χ0) is 25.1. The molecule has 36 heavy (non-hydrogen) atoms. The number of benzene rings is 2. The van der Waals surface area contributed by atoms with Gasteiger partial charge >= 0.3 is 11.0 Å². The highest BCUT2D eigenvalue weighted by Gasteiger charge is 2.31. The summed E-state index contributed by atoms with van der Waals surface area (Å²) >= 11 is 0.927. The lowest BCUT2D eigenvalue weighted by atomic mass is 10.1. The van der Waals surface area contributed by atoms with Gasteiger partial charge in [0.2, 0.25) is 0 Å². The van der Waals surface area contributed by atoms with E-state index in [1.807, 2.05) is 24.3 Å². The number of hydrogen-bond donors (Lipinski definition) is 0. The maximum atomic E-state index is 13.2. The normalized spacial score (nSPS) is 14.9. The summed E-state index contributed by atoms with van der Waals surface area (Å²) in [7, 11) is 0. The third-order valence-corrected chi connectivity index (χ3v) is 6.89. The molecule has 0 saturated carbocycles. The minimum Gasteiger partial charge on any atom is -0.489 e. The number of ether oxygens (including phenoxy) is 2. The van der Waals surface area contributed by atoms with Gasteiger partial charge < -0.3 is 9.47 Å². The van der Waals surface area contributed by atoms with Gasteiger partial charge in [-0.15, -0.1) is 0 Å². The van der Waals surface area contributed by atoms with E-state index < -0.39 is 11.7 Å². The van der Waals surface area contributed by atoms with Crippen LogP contribution in [0.3, 0.4) is 0 Å². The van der Waals surface area contributed by atoms with Crippen molar-refractivity contribution in [3.8, 4) is 17.1 Å². The first-order chi connectivity index (χ1) is 17.4.